The van der Waals surface area contributed by atoms with E-state index < -0.39 is 71.0 Å². The number of sulfonamides is 1. The minimum atomic E-state index is -7.12. The van der Waals surface area contributed by atoms with Crippen LogP contribution in [0.25, 0.3) is 0 Å². The van der Waals surface area contributed by atoms with E-state index in [0.29, 0.717) is 57.3 Å². The summed E-state index contributed by atoms with van der Waals surface area (Å²) in [6.45, 7) is 2.60. The molecule has 0 amide bonds. The van der Waals surface area contributed by atoms with E-state index in [1.165, 1.54) is 0 Å². The van der Waals surface area contributed by atoms with Crippen molar-refractivity contribution in [3.8, 4) is 0 Å². The molecule has 5 rings (SSSR count). The van der Waals surface area contributed by atoms with E-state index in [2.05, 4.69) is 6.26 Å². The number of hydrogen-bond donors (Lipinski definition) is 1. The van der Waals surface area contributed by atoms with Crippen molar-refractivity contribution in [2.45, 2.75) is 98.4 Å². The first-order valence-corrected chi connectivity index (χ1v) is 22.1. The zero-order valence-electron chi connectivity index (χ0n) is 27.5. The summed E-state index contributed by atoms with van der Waals surface area (Å²) in [6, 6.07) is 6.11. The van der Waals surface area contributed by atoms with Crippen molar-refractivity contribution in [2.24, 2.45) is 17.8 Å². The molecule has 2 saturated carbocycles. The minimum Gasteiger partial charge on any atom is -0.380 e. The Balaban J connectivity index is 1.42. The molecule has 6 unspecified atom stereocenters. The number of halogens is 6. The maximum absolute atomic E-state index is 15.3. The van der Waals surface area contributed by atoms with Gasteiger partial charge in [0.25, 0.3) is 10.0 Å². The van der Waals surface area contributed by atoms with Crippen molar-refractivity contribution >= 4 is 36.0 Å². The smallest absolute Gasteiger partial charge is 0.380 e. The number of nitrogens with zero attached hydrogens (tertiary/aromatic N) is 1. The van der Waals surface area contributed by atoms with Gasteiger partial charge >= 0.3 is 26.5 Å². The summed E-state index contributed by atoms with van der Waals surface area (Å²) in [5.41, 5.74) is 1.44. The lowest BCUT2D eigenvalue weighted by atomic mass is 9.64. The fourth-order valence-electron chi connectivity index (χ4n) is 8.48. The highest BCUT2D eigenvalue weighted by Crippen LogP contribution is 2.55. The second-order valence-electron chi connectivity index (χ2n) is 14.3. The van der Waals surface area contributed by atoms with E-state index in [1.54, 1.807) is 12.1 Å². The van der Waals surface area contributed by atoms with E-state index in [-0.39, 0.29) is 33.6 Å². The van der Waals surface area contributed by atoms with Gasteiger partial charge in [0, 0.05) is 34.9 Å². The Hall–Kier alpha value is -1.40. The molecule has 0 bridgehead atoms. The normalized spacial score (nSPS) is 30.6. The van der Waals surface area contributed by atoms with Gasteiger partial charge in [-0.3, -0.25) is 9.35 Å². The minimum absolute atomic E-state index is 0.0416. The zero-order valence-corrected chi connectivity index (χ0v) is 30.0. The summed E-state index contributed by atoms with van der Waals surface area (Å²) >= 11 is 0. The Kier molecular flexibility index (Phi) is 11.0. The molecular weight excluding hydrogens is 721 g/mol. The van der Waals surface area contributed by atoms with Crippen LogP contribution in [0.3, 0.4) is 0 Å². The van der Waals surface area contributed by atoms with Gasteiger partial charge in [0.1, 0.15) is 0 Å². The molecule has 49 heavy (non-hydrogen) atoms. The molecule has 2 heterocycles. The van der Waals surface area contributed by atoms with Crippen molar-refractivity contribution in [2.75, 3.05) is 37.5 Å². The van der Waals surface area contributed by atoms with Gasteiger partial charge in [0.2, 0.25) is 0 Å². The summed E-state index contributed by atoms with van der Waals surface area (Å²) in [5, 5.41) is -13.5. The first-order chi connectivity index (χ1) is 22.7. The number of benzene rings is 1. The molecule has 0 radical (unpaired) electrons. The quantitative estimate of drug-likeness (QED) is 0.156. The number of hydrogen-bond acceptors (Lipinski definition) is 6. The predicted octanol–water partition coefficient (Wildman–Crippen LogP) is 6.92. The second kappa shape index (κ2) is 13.9. The molecule has 17 heteroatoms. The van der Waals surface area contributed by atoms with E-state index in [1.807, 2.05) is 19.1 Å². The third-order valence-corrected chi connectivity index (χ3v) is 18.6. The van der Waals surface area contributed by atoms with Gasteiger partial charge in [0.05, 0.1) is 13.2 Å². The van der Waals surface area contributed by atoms with Gasteiger partial charge in [-0.1, -0.05) is 49.9 Å². The van der Waals surface area contributed by atoms with E-state index in [9.17, 15) is 39.2 Å². The van der Waals surface area contributed by atoms with Crippen LogP contribution in [0.5, 0.6) is 0 Å². The molecule has 280 valence electrons. The van der Waals surface area contributed by atoms with Crippen molar-refractivity contribution in [3.63, 3.8) is 0 Å². The lowest BCUT2D eigenvalue weighted by Gasteiger charge is -2.50. The molecule has 8 nitrogen and oxygen atoms in total. The topological polar surface area (TPSA) is 118 Å². The fraction of sp³-hybridized carbons (Fsp3) is 0.781. The number of carbonyl (C=O) groups excluding carboxylic acids is 1. The molecule has 2 aliphatic heterocycles. The van der Waals surface area contributed by atoms with E-state index >= 15 is 8.78 Å². The lowest BCUT2D eigenvalue weighted by molar-refractivity contribution is -0.247. The maximum Gasteiger partial charge on any atom is 0.439 e. The van der Waals surface area contributed by atoms with Crippen LogP contribution in [0, 0.1) is 17.8 Å². The number of carbonyl (C=O) groups is 1. The first kappa shape index (κ1) is 38.8. The lowest BCUT2D eigenvalue weighted by Crippen LogP contribution is -2.66. The molecule has 2 aliphatic carbocycles. The molecular formula is C32H45F6NO7S3. The highest BCUT2D eigenvalue weighted by atomic mass is 32.3. The van der Waals surface area contributed by atoms with Gasteiger partial charge in [0.15, 0.2) is 5.78 Å². The Labute approximate surface area is 285 Å². The monoisotopic (exact) mass is 765 g/mol. The van der Waals surface area contributed by atoms with Gasteiger partial charge in [-0.15, -0.1) is 0 Å². The Bertz CT molecular complexity index is 1590. The second-order valence-corrected chi connectivity index (χ2v) is 21.9. The van der Waals surface area contributed by atoms with Gasteiger partial charge in [-0.05, 0) is 74.5 Å². The highest BCUT2D eigenvalue weighted by Gasteiger charge is 2.83. The van der Waals surface area contributed by atoms with Gasteiger partial charge in [-0.25, -0.2) is 18.4 Å². The predicted molar refractivity (Wildman–Crippen MR) is 175 cm³/mol. The Morgan fingerprint density at radius 2 is 1.45 bits per heavy atom. The number of ketones is 1. The van der Waals surface area contributed by atoms with Crippen LogP contribution < -0.4 is 0 Å². The number of piperidine rings is 1. The summed E-state index contributed by atoms with van der Waals surface area (Å²) < 4.78 is 151. The van der Waals surface area contributed by atoms with Crippen molar-refractivity contribution in [3.05, 3.63) is 35.4 Å². The molecule has 6 atom stereocenters. The van der Waals surface area contributed by atoms with Gasteiger partial charge in [-0.2, -0.15) is 39.1 Å². The van der Waals surface area contributed by atoms with Crippen LogP contribution in [0.2, 0.25) is 0 Å². The molecule has 4 aliphatic rings. The molecule has 4 fully saturated rings. The van der Waals surface area contributed by atoms with Crippen molar-refractivity contribution in [1.82, 2.24) is 4.31 Å². The number of fused-ring (bicyclic) bond motifs is 1. The summed E-state index contributed by atoms with van der Waals surface area (Å²) in [7, 11) is -14.9. The van der Waals surface area contributed by atoms with Gasteiger partial charge < -0.3 is 4.74 Å². The van der Waals surface area contributed by atoms with Crippen LogP contribution in [0.15, 0.2) is 24.3 Å². The molecule has 1 aromatic rings. The van der Waals surface area contributed by atoms with Crippen LogP contribution in [0.4, 0.5) is 26.3 Å². The van der Waals surface area contributed by atoms with E-state index in [0.717, 1.165) is 29.9 Å². The van der Waals surface area contributed by atoms with E-state index in [4.69, 9.17) is 9.29 Å². The van der Waals surface area contributed by atoms with Crippen LogP contribution in [-0.2, 0) is 24.9 Å². The standard InChI is InChI=1S/C32H45F6NO7S3/c1-21(47(2)17-15-46-16-18-47)29(40)23-13-11-22(12-14-23)26-8-4-5-9-27(26)25-19-24-7-3-6-10-28(24)39(20-25)48(41,42)31(35,36)30(33,34)32(37,38)49(43,44)45/h11-14,21,24-28H,3-10,15-20H2,1-2H3,(H,43,44,45). The van der Waals surface area contributed by atoms with Crippen LogP contribution in [0.1, 0.15) is 86.6 Å². The number of Topliss-reactive ketones (excluding diaryl/α,β-unsaturated/α-hetero) is 1. The van der Waals surface area contributed by atoms with Crippen LogP contribution in [-0.4, -0.2) is 96.7 Å². The molecule has 1 aromatic carbocycles. The number of rotatable bonds is 10. The summed E-state index contributed by atoms with van der Waals surface area (Å²) in [5.74, 6) is -6.72. The largest absolute Gasteiger partial charge is 0.439 e. The maximum atomic E-state index is 15.3. The average Bonchev–Trinajstić information content (AvgIpc) is 3.06. The SMILES string of the molecule is CC(C(=O)c1ccc(C2CCCCC2C2CC3CCCCC3N(S(=O)(=O)C(F)(F)C(F)(F)C(F)(F)S(=O)(=O)O)C2)cc1)S1(C)CCOCC1. The summed E-state index contributed by atoms with van der Waals surface area (Å²) in [6.07, 6.45) is 7.00. The molecule has 1 N–H and O–H groups in total. The Morgan fingerprint density at radius 1 is 0.878 bits per heavy atom. The Morgan fingerprint density at radius 3 is 2.06 bits per heavy atom. The van der Waals surface area contributed by atoms with Crippen LogP contribution >= 0.6 is 10.0 Å². The first-order valence-electron chi connectivity index (χ1n) is 16.7. The summed E-state index contributed by atoms with van der Waals surface area (Å²) in [4.78, 5) is 13.5. The van der Waals surface area contributed by atoms with Crippen molar-refractivity contribution in [1.29, 1.82) is 0 Å². The van der Waals surface area contributed by atoms with Crippen molar-refractivity contribution < 1.29 is 57.3 Å². The highest BCUT2D eigenvalue weighted by molar-refractivity contribution is 8.34. The number of ether oxygens (including phenoxy) is 1. The molecule has 0 aromatic heterocycles. The zero-order chi connectivity index (χ0) is 36.2. The number of alkyl halides is 6. The molecule has 2 saturated heterocycles. The fourth-order valence-corrected chi connectivity index (χ4v) is 13.3. The third-order valence-electron chi connectivity index (χ3n) is 11.6. The molecule has 0 spiro atoms. The third kappa shape index (κ3) is 6.82. The average molecular weight is 766 g/mol.